The maximum atomic E-state index is 12.7. The third-order valence-corrected chi connectivity index (χ3v) is 5.54. The third kappa shape index (κ3) is 5.27. The number of anilines is 1. The summed E-state index contributed by atoms with van der Waals surface area (Å²) in [5.74, 6) is -0.0192. The average molecular weight is 460 g/mol. The van der Waals surface area contributed by atoms with Gasteiger partial charge in [0.15, 0.2) is 11.0 Å². The lowest BCUT2D eigenvalue weighted by Crippen LogP contribution is -2.17. The molecule has 0 fully saturated rings. The van der Waals surface area contributed by atoms with Crippen molar-refractivity contribution in [2.24, 2.45) is 0 Å². The lowest BCUT2D eigenvalue weighted by Gasteiger charge is -2.11. The van der Waals surface area contributed by atoms with Crippen LogP contribution in [0.1, 0.15) is 17.3 Å². The van der Waals surface area contributed by atoms with E-state index in [1.165, 1.54) is 11.8 Å². The van der Waals surface area contributed by atoms with Crippen molar-refractivity contribution in [3.63, 3.8) is 0 Å². The van der Waals surface area contributed by atoms with Crippen LogP contribution >= 0.6 is 11.8 Å². The Hall–Kier alpha value is -3.98. The smallest absolute Gasteiger partial charge is 0.340 e. The van der Waals surface area contributed by atoms with Crippen LogP contribution in [-0.4, -0.2) is 44.0 Å². The van der Waals surface area contributed by atoms with E-state index in [9.17, 15) is 9.59 Å². The number of ether oxygens (including phenoxy) is 1. The number of nitrogens with zero attached hydrogens (tertiary/aromatic N) is 4. The summed E-state index contributed by atoms with van der Waals surface area (Å²) in [6.45, 7) is 1.99. The van der Waals surface area contributed by atoms with Gasteiger partial charge in [-0.25, -0.2) is 4.79 Å². The van der Waals surface area contributed by atoms with E-state index in [1.807, 2.05) is 47.0 Å². The number of rotatable bonds is 8. The second kappa shape index (κ2) is 10.6. The number of carbonyl (C=O) groups is 2. The summed E-state index contributed by atoms with van der Waals surface area (Å²) in [6, 6.07) is 20.2. The Morgan fingerprint density at radius 2 is 1.70 bits per heavy atom. The van der Waals surface area contributed by atoms with E-state index in [-0.39, 0.29) is 18.3 Å². The molecular formula is C24H21N5O3S. The number of hydrogen-bond acceptors (Lipinski definition) is 7. The van der Waals surface area contributed by atoms with Crippen LogP contribution in [0, 0.1) is 0 Å². The Morgan fingerprint density at radius 3 is 2.45 bits per heavy atom. The van der Waals surface area contributed by atoms with Crippen LogP contribution in [0.5, 0.6) is 0 Å². The molecule has 0 saturated carbocycles. The van der Waals surface area contributed by atoms with Gasteiger partial charge in [-0.1, -0.05) is 42.1 Å². The standard InChI is InChI=1S/C24H21N5O3S/c1-2-32-23(31)19-10-6-7-11-20(19)26-21(30)16-33-24-28-27-22(17-12-14-25-15-13-17)29(24)18-8-4-3-5-9-18/h3-15H,2,16H2,1H3,(H,26,30). The molecule has 0 radical (unpaired) electrons. The molecule has 0 unspecified atom stereocenters. The second-order valence-corrected chi connectivity index (χ2v) is 7.76. The Labute approximate surface area is 195 Å². The van der Waals surface area contributed by atoms with Gasteiger partial charge in [0.05, 0.1) is 23.6 Å². The minimum atomic E-state index is -0.480. The van der Waals surface area contributed by atoms with E-state index < -0.39 is 5.97 Å². The summed E-state index contributed by atoms with van der Waals surface area (Å²) in [7, 11) is 0. The molecule has 33 heavy (non-hydrogen) atoms. The first-order valence-electron chi connectivity index (χ1n) is 10.3. The van der Waals surface area contributed by atoms with Crippen molar-refractivity contribution < 1.29 is 14.3 Å². The highest BCUT2D eigenvalue weighted by Gasteiger charge is 2.18. The lowest BCUT2D eigenvalue weighted by atomic mass is 10.2. The minimum Gasteiger partial charge on any atom is -0.462 e. The molecule has 1 N–H and O–H groups in total. The van der Waals surface area contributed by atoms with E-state index in [0.29, 0.717) is 22.2 Å². The van der Waals surface area contributed by atoms with Gasteiger partial charge in [0.25, 0.3) is 0 Å². The molecule has 166 valence electrons. The molecule has 4 aromatic rings. The van der Waals surface area contributed by atoms with Gasteiger partial charge in [-0.3, -0.25) is 14.3 Å². The Morgan fingerprint density at radius 1 is 0.970 bits per heavy atom. The fraction of sp³-hybridized carbons (Fsp3) is 0.125. The quantitative estimate of drug-likeness (QED) is 0.311. The van der Waals surface area contributed by atoms with Gasteiger partial charge < -0.3 is 10.1 Å². The molecule has 0 atom stereocenters. The Balaban J connectivity index is 1.54. The molecule has 1 amide bonds. The zero-order chi connectivity index (χ0) is 23.0. The van der Waals surface area contributed by atoms with Crippen LogP contribution in [0.4, 0.5) is 5.69 Å². The normalized spacial score (nSPS) is 10.6. The molecule has 0 aliphatic carbocycles. The average Bonchev–Trinajstić information content (AvgIpc) is 3.28. The predicted octanol–water partition coefficient (Wildman–Crippen LogP) is 4.24. The lowest BCUT2D eigenvalue weighted by molar-refractivity contribution is -0.113. The summed E-state index contributed by atoms with van der Waals surface area (Å²) in [4.78, 5) is 28.9. The van der Waals surface area contributed by atoms with E-state index in [2.05, 4.69) is 20.5 Å². The van der Waals surface area contributed by atoms with Crippen molar-refractivity contribution in [1.29, 1.82) is 0 Å². The summed E-state index contributed by atoms with van der Waals surface area (Å²) in [6.07, 6.45) is 3.39. The van der Waals surface area contributed by atoms with Gasteiger partial charge in [0, 0.05) is 23.6 Å². The zero-order valence-electron chi connectivity index (χ0n) is 17.8. The molecule has 0 aliphatic heterocycles. The second-order valence-electron chi connectivity index (χ2n) is 6.82. The number of carbonyl (C=O) groups excluding carboxylic acids is 2. The maximum Gasteiger partial charge on any atom is 0.340 e. The molecule has 0 saturated heterocycles. The van der Waals surface area contributed by atoms with Gasteiger partial charge in [-0.2, -0.15) is 0 Å². The first-order chi connectivity index (χ1) is 16.2. The predicted molar refractivity (Wildman–Crippen MR) is 126 cm³/mol. The number of esters is 1. The number of amides is 1. The molecule has 0 aliphatic rings. The minimum absolute atomic E-state index is 0.0818. The molecule has 9 heteroatoms. The number of nitrogens with one attached hydrogen (secondary N) is 1. The Bertz CT molecular complexity index is 1250. The largest absolute Gasteiger partial charge is 0.462 e. The van der Waals surface area contributed by atoms with Crippen molar-refractivity contribution in [3.05, 3.63) is 84.7 Å². The van der Waals surface area contributed by atoms with Crippen LogP contribution in [-0.2, 0) is 9.53 Å². The zero-order valence-corrected chi connectivity index (χ0v) is 18.7. The molecule has 8 nitrogen and oxygen atoms in total. The highest BCUT2D eigenvalue weighted by Crippen LogP contribution is 2.28. The van der Waals surface area contributed by atoms with Crippen LogP contribution in [0.25, 0.3) is 17.1 Å². The fourth-order valence-corrected chi connectivity index (χ4v) is 3.91. The van der Waals surface area contributed by atoms with Crippen LogP contribution < -0.4 is 5.32 Å². The van der Waals surface area contributed by atoms with Gasteiger partial charge >= 0.3 is 5.97 Å². The van der Waals surface area contributed by atoms with Gasteiger partial charge in [-0.05, 0) is 43.3 Å². The topological polar surface area (TPSA) is 99.0 Å². The molecule has 2 aromatic carbocycles. The molecule has 4 rings (SSSR count). The highest BCUT2D eigenvalue weighted by molar-refractivity contribution is 7.99. The Kier molecular flexibility index (Phi) is 7.11. The molecule has 0 spiro atoms. The molecule has 0 bridgehead atoms. The third-order valence-electron chi connectivity index (χ3n) is 4.62. The van der Waals surface area contributed by atoms with Crippen molar-refractivity contribution in [2.75, 3.05) is 17.7 Å². The number of para-hydroxylation sites is 2. The van der Waals surface area contributed by atoms with Crippen LogP contribution in [0.2, 0.25) is 0 Å². The summed E-state index contributed by atoms with van der Waals surface area (Å²) in [5.41, 5.74) is 2.46. The van der Waals surface area contributed by atoms with Crippen molar-refractivity contribution in [3.8, 4) is 17.1 Å². The summed E-state index contributed by atoms with van der Waals surface area (Å²) in [5, 5.41) is 12.0. The number of aromatic nitrogens is 4. The highest BCUT2D eigenvalue weighted by atomic mass is 32.2. The monoisotopic (exact) mass is 459 g/mol. The van der Waals surface area contributed by atoms with Gasteiger partial charge in [0.2, 0.25) is 5.91 Å². The van der Waals surface area contributed by atoms with E-state index in [1.54, 1.807) is 43.6 Å². The summed E-state index contributed by atoms with van der Waals surface area (Å²) >= 11 is 1.25. The number of pyridine rings is 1. The fourth-order valence-electron chi connectivity index (χ4n) is 3.16. The number of hydrogen-bond donors (Lipinski definition) is 1. The van der Waals surface area contributed by atoms with Crippen molar-refractivity contribution >= 4 is 29.3 Å². The molecule has 2 aromatic heterocycles. The van der Waals surface area contributed by atoms with Gasteiger partial charge in [0.1, 0.15) is 0 Å². The number of thioether (sulfide) groups is 1. The molecular weight excluding hydrogens is 438 g/mol. The number of benzene rings is 2. The van der Waals surface area contributed by atoms with Crippen molar-refractivity contribution in [1.82, 2.24) is 19.7 Å². The van der Waals surface area contributed by atoms with E-state index in [0.717, 1.165) is 11.3 Å². The van der Waals surface area contributed by atoms with E-state index in [4.69, 9.17) is 4.74 Å². The van der Waals surface area contributed by atoms with E-state index >= 15 is 0 Å². The maximum absolute atomic E-state index is 12.7. The SMILES string of the molecule is CCOC(=O)c1ccccc1NC(=O)CSc1nnc(-c2ccncc2)n1-c1ccccc1. The first-order valence-corrected chi connectivity index (χ1v) is 11.3. The molecule has 2 heterocycles. The van der Waals surface area contributed by atoms with Gasteiger partial charge in [-0.15, -0.1) is 10.2 Å². The first kappa shape index (κ1) is 22.2. The van der Waals surface area contributed by atoms with Crippen molar-refractivity contribution in [2.45, 2.75) is 12.1 Å². The summed E-state index contributed by atoms with van der Waals surface area (Å²) < 4.78 is 6.97. The van der Waals surface area contributed by atoms with Crippen LogP contribution in [0.15, 0.2) is 84.3 Å². The van der Waals surface area contributed by atoms with Crippen LogP contribution in [0.3, 0.4) is 0 Å².